The number of nitrogens with zero attached hydrogens (tertiary/aromatic N) is 1. The van der Waals surface area contributed by atoms with Gasteiger partial charge in [-0.3, -0.25) is 4.79 Å². The highest BCUT2D eigenvalue weighted by Crippen LogP contribution is 2.39. The fraction of sp³-hybridized carbons (Fsp3) is 0.278. The van der Waals surface area contributed by atoms with Crippen LogP contribution in [-0.2, 0) is 11.2 Å². The second-order valence-electron chi connectivity index (χ2n) is 5.50. The number of ether oxygens (including phenoxy) is 1. The number of halogens is 2. The molecular weight excluding hydrogens is 332 g/mol. The topological polar surface area (TPSA) is 29.5 Å². The summed E-state index contributed by atoms with van der Waals surface area (Å²) >= 11 is 1.49. The summed E-state index contributed by atoms with van der Waals surface area (Å²) in [5.41, 5.74) is 1.22. The van der Waals surface area contributed by atoms with E-state index in [1.54, 1.807) is 24.1 Å². The van der Waals surface area contributed by atoms with Crippen LogP contribution < -0.4 is 4.74 Å². The molecule has 2 aromatic carbocycles. The van der Waals surface area contributed by atoms with Crippen LogP contribution in [0.25, 0.3) is 0 Å². The molecule has 1 saturated heterocycles. The first-order valence-electron chi connectivity index (χ1n) is 7.57. The van der Waals surface area contributed by atoms with Crippen LogP contribution in [0.1, 0.15) is 16.5 Å². The minimum Gasteiger partial charge on any atom is -0.497 e. The molecule has 0 aromatic heterocycles. The number of carbonyl (C=O) groups excluding carboxylic acids is 1. The maximum atomic E-state index is 14.0. The summed E-state index contributed by atoms with van der Waals surface area (Å²) in [4.78, 5) is 14.3. The van der Waals surface area contributed by atoms with Crippen molar-refractivity contribution >= 4 is 17.7 Å². The fourth-order valence-corrected chi connectivity index (χ4v) is 4.00. The molecular formula is C18H17F2NO2S. The highest BCUT2D eigenvalue weighted by Gasteiger charge is 2.32. The normalized spacial score (nSPS) is 17.1. The van der Waals surface area contributed by atoms with Gasteiger partial charge in [0.15, 0.2) is 0 Å². The van der Waals surface area contributed by atoms with Crippen molar-refractivity contribution in [1.82, 2.24) is 4.90 Å². The summed E-state index contributed by atoms with van der Waals surface area (Å²) in [7, 11) is 1.59. The van der Waals surface area contributed by atoms with Gasteiger partial charge in [-0.2, -0.15) is 0 Å². The molecule has 0 aliphatic carbocycles. The number of hydrogen-bond donors (Lipinski definition) is 0. The van der Waals surface area contributed by atoms with E-state index in [1.165, 1.54) is 23.9 Å². The zero-order chi connectivity index (χ0) is 17.1. The first-order chi connectivity index (χ1) is 11.6. The average Bonchev–Trinajstić information content (AvgIpc) is 3.05. The Labute approximate surface area is 143 Å². The molecule has 2 aromatic rings. The van der Waals surface area contributed by atoms with Crippen molar-refractivity contribution in [2.75, 3.05) is 19.4 Å². The molecule has 1 heterocycles. The van der Waals surface area contributed by atoms with Gasteiger partial charge in [0.25, 0.3) is 0 Å². The fourth-order valence-electron chi connectivity index (χ4n) is 2.70. The van der Waals surface area contributed by atoms with E-state index in [2.05, 4.69) is 0 Å². The molecule has 6 heteroatoms. The average molecular weight is 349 g/mol. The van der Waals surface area contributed by atoms with Gasteiger partial charge in [0, 0.05) is 23.9 Å². The van der Waals surface area contributed by atoms with Crippen LogP contribution in [0.2, 0.25) is 0 Å². The number of rotatable bonds is 4. The van der Waals surface area contributed by atoms with Crippen LogP contribution in [-0.4, -0.2) is 30.2 Å². The van der Waals surface area contributed by atoms with Crippen molar-refractivity contribution in [2.24, 2.45) is 0 Å². The standard InChI is InChI=1S/C18H17F2NO2S/c1-23-14-5-2-12(3-6-14)10-17(22)21-8-9-24-18(21)15-7-4-13(19)11-16(15)20/h2-7,11,18H,8-10H2,1H3. The van der Waals surface area contributed by atoms with Gasteiger partial charge in [0.2, 0.25) is 5.91 Å². The Morgan fingerprint density at radius 3 is 2.67 bits per heavy atom. The maximum absolute atomic E-state index is 14.0. The summed E-state index contributed by atoms with van der Waals surface area (Å²) in [5, 5.41) is -0.406. The van der Waals surface area contributed by atoms with Crippen LogP contribution in [0.15, 0.2) is 42.5 Å². The van der Waals surface area contributed by atoms with Gasteiger partial charge in [0.1, 0.15) is 22.8 Å². The summed E-state index contributed by atoms with van der Waals surface area (Å²) < 4.78 is 32.2. The molecule has 1 atom stereocenters. The van der Waals surface area contributed by atoms with Crippen molar-refractivity contribution in [3.63, 3.8) is 0 Å². The number of amides is 1. The molecule has 126 valence electrons. The van der Waals surface area contributed by atoms with Crippen LogP contribution in [0.3, 0.4) is 0 Å². The number of benzene rings is 2. The van der Waals surface area contributed by atoms with E-state index in [0.717, 1.165) is 23.1 Å². The largest absolute Gasteiger partial charge is 0.497 e. The van der Waals surface area contributed by atoms with Gasteiger partial charge in [-0.05, 0) is 23.8 Å². The highest BCUT2D eigenvalue weighted by molar-refractivity contribution is 7.99. The van der Waals surface area contributed by atoms with Gasteiger partial charge < -0.3 is 9.64 Å². The lowest BCUT2D eigenvalue weighted by atomic mass is 10.1. The van der Waals surface area contributed by atoms with Crippen molar-refractivity contribution in [3.8, 4) is 5.75 Å². The lowest BCUT2D eigenvalue weighted by Crippen LogP contribution is -2.32. The monoisotopic (exact) mass is 349 g/mol. The SMILES string of the molecule is COc1ccc(CC(=O)N2CCSC2c2ccc(F)cc2F)cc1. The van der Waals surface area contributed by atoms with Gasteiger partial charge in [0.05, 0.1) is 13.5 Å². The van der Waals surface area contributed by atoms with Crippen LogP contribution in [0.4, 0.5) is 8.78 Å². The van der Waals surface area contributed by atoms with Gasteiger partial charge in [-0.25, -0.2) is 8.78 Å². The van der Waals surface area contributed by atoms with Crippen LogP contribution >= 0.6 is 11.8 Å². The van der Waals surface area contributed by atoms with E-state index < -0.39 is 17.0 Å². The molecule has 0 radical (unpaired) electrons. The predicted molar refractivity (Wildman–Crippen MR) is 90.0 cm³/mol. The molecule has 1 unspecified atom stereocenters. The lowest BCUT2D eigenvalue weighted by Gasteiger charge is -2.24. The van der Waals surface area contributed by atoms with Crippen molar-refractivity contribution in [2.45, 2.75) is 11.8 Å². The van der Waals surface area contributed by atoms with Gasteiger partial charge in [-0.15, -0.1) is 11.8 Å². The van der Waals surface area contributed by atoms with Crippen LogP contribution in [0, 0.1) is 11.6 Å². The number of thioether (sulfide) groups is 1. The molecule has 0 bridgehead atoms. The summed E-state index contributed by atoms with van der Waals surface area (Å²) in [5.74, 6) is 0.163. The molecule has 24 heavy (non-hydrogen) atoms. The van der Waals surface area contributed by atoms with E-state index in [-0.39, 0.29) is 12.3 Å². The highest BCUT2D eigenvalue weighted by atomic mass is 32.2. The Kier molecular flexibility index (Phi) is 5.04. The van der Waals surface area contributed by atoms with Crippen molar-refractivity contribution in [1.29, 1.82) is 0 Å². The van der Waals surface area contributed by atoms with Gasteiger partial charge >= 0.3 is 0 Å². The Morgan fingerprint density at radius 1 is 1.25 bits per heavy atom. The second kappa shape index (κ2) is 7.21. The molecule has 1 amide bonds. The molecule has 3 nitrogen and oxygen atoms in total. The Balaban J connectivity index is 1.75. The Morgan fingerprint density at radius 2 is 2.00 bits per heavy atom. The molecule has 0 N–H and O–H groups in total. The van der Waals surface area contributed by atoms with E-state index >= 15 is 0 Å². The third-order valence-electron chi connectivity index (χ3n) is 3.95. The predicted octanol–water partition coefficient (Wildman–Crippen LogP) is 3.79. The summed E-state index contributed by atoms with van der Waals surface area (Å²) in [6.45, 7) is 0.557. The third-order valence-corrected chi connectivity index (χ3v) is 5.20. The minimum absolute atomic E-state index is 0.0705. The first-order valence-corrected chi connectivity index (χ1v) is 8.62. The molecule has 1 aliphatic heterocycles. The number of hydrogen-bond acceptors (Lipinski definition) is 3. The van der Waals surface area contributed by atoms with Crippen molar-refractivity contribution < 1.29 is 18.3 Å². The zero-order valence-corrected chi connectivity index (χ0v) is 14.0. The summed E-state index contributed by atoms with van der Waals surface area (Å²) in [6.07, 6.45) is 0.240. The molecule has 1 aliphatic rings. The zero-order valence-electron chi connectivity index (χ0n) is 13.2. The molecule has 0 saturated carbocycles. The number of carbonyl (C=O) groups is 1. The Hall–Kier alpha value is -2.08. The van der Waals surface area contributed by atoms with Gasteiger partial charge in [-0.1, -0.05) is 18.2 Å². The van der Waals surface area contributed by atoms with Crippen molar-refractivity contribution in [3.05, 3.63) is 65.2 Å². The smallest absolute Gasteiger partial charge is 0.228 e. The number of methoxy groups -OCH3 is 1. The van der Waals surface area contributed by atoms with E-state index in [1.807, 2.05) is 12.1 Å². The molecule has 0 spiro atoms. The quantitative estimate of drug-likeness (QED) is 0.841. The maximum Gasteiger partial charge on any atom is 0.228 e. The van der Waals surface area contributed by atoms with E-state index in [9.17, 15) is 13.6 Å². The van der Waals surface area contributed by atoms with E-state index in [4.69, 9.17) is 4.74 Å². The molecule has 1 fully saturated rings. The minimum atomic E-state index is -0.615. The lowest BCUT2D eigenvalue weighted by molar-refractivity contribution is -0.130. The third kappa shape index (κ3) is 3.53. The van der Waals surface area contributed by atoms with E-state index in [0.29, 0.717) is 12.1 Å². The second-order valence-corrected chi connectivity index (χ2v) is 6.69. The Bertz CT molecular complexity index is 736. The molecule has 3 rings (SSSR count). The first kappa shape index (κ1) is 16.8. The summed E-state index contributed by atoms with van der Waals surface area (Å²) in [6, 6.07) is 10.8. The van der Waals surface area contributed by atoms with Crippen LogP contribution in [0.5, 0.6) is 5.75 Å².